The number of hydrogen-bond donors (Lipinski definition) is 1. The highest BCUT2D eigenvalue weighted by Gasteiger charge is 2.36. The van der Waals surface area contributed by atoms with Crippen LogP contribution in [0.4, 0.5) is 0 Å². The number of aliphatic hydroxyl groups excluding tert-OH is 1. The van der Waals surface area contributed by atoms with Gasteiger partial charge in [-0.3, -0.25) is 4.79 Å². The number of carbonyl (C=O) groups excluding carboxylic acids is 1. The van der Waals surface area contributed by atoms with Crippen molar-refractivity contribution in [3.8, 4) is 0 Å². The van der Waals surface area contributed by atoms with Crippen LogP contribution in [0.5, 0.6) is 0 Å². The average Bonchev–Trinajstić information content (AvgIpc) is 2.45. The molecule has 68 valence electrons. The molecule has 0 aromatic rings. The number of aliphatic hydroxyl groups is 1. The predicted octanol–water partition coefficient (Wildman–Crippen LogP) is 0.875. The van der Waals surface area contributed by atoms with Crippen LogP contribution in [0.1, 0.15) is 19.8 Å². The largest absolute Gasteiger partial charge is 0.459 e. The minimum absolute atomic E-state index is 0.0209. The Balaban J connectivity index is 2.62. The summed E-state index contributed by atoms with van der Waals surface area (Å²) in [5.74, 6) is -0.259. The Kier molecular flexibility index (Phi) is 2.87. The van der Waals surface area contributed by atoms with Gasteiger partial charge in [-0.25, -0.2) is 0 Å². The van der Waals surface area contributed by atoms with Gasteiger partial charge in [0, 0.05) is 5.92 Å². The van der Waals surface area contributed by atoms with Crippen LogP contribution in [-0.4, -0.2) is 23.3 Å². The Bertz CT molecular complexity index is 188. The number of hydrogen-bond acceptors (Lipinski definition) is 3. The zero-order valence-corrected chi connectivity index (χ0v) is 7.19. The van der Waals surface area contributed by atoms with Gasteiger partial charge in [0.05, 0.1) is 12.5 Å². The maximum Gasteiger partial charge on any atom is 0.306 e. The first-order chi connectivity index (χ1) is 5.69. The summed E-state index contributed by atoms with van der Waals surface area (Å²) in [7, 11) is 0. The normalized spacial score (nSPS) is 31.3. The molecule has 3 nitrogen and oxygen atoms in total. The quantitative estimate of drug-likeness (QED) is 0.505. The van der Waals surface area contributed by atoms with Crippen molar-refractivity contribution in [1.29, 1.82) is 0 Å². The van der Waals surface area contributed by atoms with Crippen molar-refractivity contribution < 1.29 is 14.6 Å². The molecule has 0 aliphatic carbocycles. The maximum atomic E-state index is 10.9. The van der Waals surface area contributed by atoms with Crippen LogP contribution < -0.4 is 0 Å². The molecule has 12 heavy (non-hydrogen) atoms. The molecule has 1 N–H and O–H groups in total. The van der Waals surface area contributed by atoms with Crippen LogP contribution in [-0.2, 0) is 9.53 Å². The second-order valence-corrected chi connectivity index (χ2v) is 3.03. The molecule has 0 saturated carbocycles. The molecule has 0 amide bonds. The molecule has 1 heterocycles. The molecule has 3 atom stereocenters. The Labute approximate surface area is 72.0 Å². The van der Waals surface area contributed by atoms with Crippen molar-refractivity contribution in [2.45, 2.75) is 32.0 Å². The molecular weight excluding hydrogens is 156 g/mol. The van der Waals surface area contributed by atoms with E-state index in [-0.39, 0.29) is 18.0 Å². The van der Waals surface area contributed by atoms with Gasteiger partial charge in [0.15, 0.2) is 0 Å². The van der Waals surface area contributed by atoms with E-state index in [1.165, 1.54) is 0 Å². The smallest absolute Gasteiger partial charge is 0.306 e. The van der Waals surface area contributed by atoms with E-state index in [1.54, 1.807) is 6.08 Å². The van der Waals surface area contributed by atoms with Crippen molar-refractivity contribution in [2.24, 2.45) is 5.92 Å². The van der Waals surface area contributed by atoms with Crippen LogP contribution >= 0.6 is 0 Å². The fraction of sp³-hybridized carbons (Fsp3) is 0.667. The molecule has 0 bridgehead atoms. The van der Waals surface area contributed by atoms with E-state index in [1.807, 2.05) is 6.92 Å². The van der Waals surface area contributed by atoms with E-state index in [9.17, 15) is 9.90 Å². The second-order valence-electron chi connectivity index (χ2n) is 3.03. The van der Waals surface area contributed by atoms with E-state index >= 15 is 0 Å². The molecule has 0 spiro atoms. The molecule has 0 aromatic carbocycles. The van der Waals surface area contributed by atoms with Gasteiger partial charge < -0.3 is 9.84 Å². The molecule has 1 aliphatic heterocycles. The summed E-state index contributed by atoms with van der Waals surface area (Å²) in [4.78, 5) is 10.9. The van der Waals surface area contributed by atoms with Crippen molar-refractivity contribution in [2.75, 3.05) is 0 Å². The van der Waals surface area contributed by atoms with Crippen LogP contribution in [0.25, 0.3) is 0 Å². The van der Waals surface area contributed by atoms with E-state index in [0.29, 0.717) is 12.8 Å². The Morgan fingerprint density at radius 2 is 2.58 bits per heavy atom. The average molecular weight is 170 g/mol. The first-order valence-corrected chi connectivity index (χ1v) is 4.19. The summed E-state index contributed by atoms with van der Waals surface area (Å²) in [6.07, 6.45) is 1.70. The Hall–Kier alpha value is -0.830. The highest BCUT2D eigenvalue weighted by atomic mass is 16.6. The summed E-state index contributed by atoms with van der Waals surface area (Å²) >= 11 is 0. The minimum atomic E-state index is -0.556. The van der Waals surface area contributed by atoms with E-state index < -0.39 is 6.10 Å². The van der Waals surface area contributed by atoms with Crippen LogP contribution in [0.2, 0.25) is 0 Å². The molecule has 1 fully saturated rings. The Morgan fingerprint density at radius 1 is 1.92 bits per heavy atom. The monoisotopic (exact) mass is 170 g/mol. The molecule has 0 aromatic heterocycles. The van der Waals surface area contributed by atoms with Gasteiger partial charge in [-0.05, 0) is 6.42 Å². The van der Waals surface area contributed by atoms with Gasteiger partial charge in [-0.2, -0.15) is 0 Å². The van der Waals surface area contributed by atoms with Gasteiger partial charge in [0.1, 0.15) is 6.10 Å². The number of esters is 1. The molecular formula is C9H14O3. The maximum absolute atomic E-state index is 10.9. The summed E-state index contributed by atoms with van der Waals surface area (Å²) in [5.41, 5.74) is 0. The van der Waals surface area contributed by atoms with Gasteiger partial charge in [0.2, 0.25) is 0 Å². The third-order valence-electron chi connectivity index (χ3n) is 2.19. The van der Waals surface area contributed by atoms with Gasteiger partial charge in [0.25, 0.3) is 0 Å². The number of rotatable bonds is 3. The summed E-state index contributed by atoms with van der Waals surface area (Å²) in [6.45, 7) is 5.46. The number of cyclic esters (lactones) is 1. The molecule has 1 rings (SSSR count). The van der Waals surface area contributed by atoms with E-state index in [0.717, 1.165) is 0 Å². The van der Waals surface area contributed by atoms with Crippen LogP contribution in [0.15, 0.2) is 12.7 Å². The summed E-state index contributed by atoms with van der Waals surface area (Å²) < 4.78 is 4.96. The summed E-state index contributed by atoms with van der Waals surface area (Å²) in [5, 5.41) is 9.45. The lowest BCUT2D eigenvalue weighted by Gasteiger charge is -2.19. The van der Waals surface area contributed by atoms with Crippen molar-refractivity contribution >= 4 is 5.97 Å². The third-order valence-corrected chi connectivity index (χ3v) is 2.19. The topological polar surface area (TPSA) is 46.5 Å². The SMILES string of the molecule is C=CC1CC(=O)OC1C(O)CC. The molecule has 1 aliphatic rings. The third kappa shape index (κ3) is 1.67. The highest BCUT2D eigenvalue weighted by Crippen LogP contribution is 2.26. The van der Waals surface area contributed by atoms with Gasteiger partial charge in [-0.15, -0.1) is 6.58 Å². The first kappa shape index (κ1) is 9.26. The molecule has 3 unspecified atom stereocenters. The second kappa shape index (κ2) is 3.72. The van der Waals surface area contributed by atoms with Crippen LogP contribution in [0.3, 0.4) is 0 Å². The molecule has 3 heteroatoms. The van der Waals surface area contributed by atoms with Gasteiger partial charge in [-0.1, -0.05) is 13.0 Å². The zero-order valence-electron chi connectivity index (χ0n) is 7.19. The lowest BCUT2D eigenvalue weighted by molar-refractivity contribution is -0.145. The first-order valence-electron chi connectivity index (χ1n) is 4.19. The van der Waals surface area contributed by atoms with Crippen molar-refractivity contribution in [3.05, 3.63) is 12.7 Å². The minimum Gasteiger partial charge on any atom is -0.459 e. The van der Waals surface area contributed by atoms with Crippen molar-refractivity contribution in [3.63, 3.8) is 0 Å². The Morgan fingerprint density at radius 3 is 3.08 bits per heavy atom. The van der Waals surface area contributed by atoms with Gasteiger partial charge >= 0.3 is 5.97 Å². The lowest BCUT2D eigenvalue weighted by atomic mass is 9.96. The number of carbonyl (C=O) groups is 1. The standard InChI is InChI=1S/C9H14O3/c1-3-6-5-8(11)12-9(6)7(10)4-2/h3,6-7,9-10H,1,4-5H2,2H3. The highest BCUT2D eigenvalue weighted by molar-refractivity contribution is 5.72. The molecule has 0 radical (unpaired) electrons. The fourth-order valence-corrected chi connectivity index (χ4v) is 1.41. The summed E-state index contributed by atoms with van der Waals surface area (Å²) in [6, 6.07) is 0. The van der Waals surface area contributed by atoms with Crippen molar-refractivity contribution in [1.82, 2.24) is 0 Å². The predicted molar refractivity (Wildman–Crippen MR) is 44.5 cm³/mol. The van der Waals surface area contributed by atoms with Crippen LogP contribution in [0, 0.1) is 5.92 Å². The zero-order chi connectivity index (χ0) is 9.14. The number of ether oxygens (including phenoxy) is 1. The van der Waals surface area contributed by atoms with E-state index in [2.05, 4.69) is 6.58 Å². The lowest BCUT2D eigenvalue weighted by Crippen LogP contribution is -2.29. The fourth-order valence-electron chi connectivity index (χ4n) is 1.41. The van der Waals surface area contributed by atoms with E-state index in [4.69, 9.17) is 4.74 Å². The molecule has 1 saturated heterocycles.